The van der Waals surface area contributed by atoms with Crippen molar-refractivity contribution in [3.8, 4) is 55.6 Å². The number of nitrogens with zero attached hydrogens (tertiary/aromatic N) is 1. The van der Waals surface area contributed by atoms with Crippen molar-refractivity contribution < 1.29 is 4.42 Å². The summed E-state index contributed by atoms with van der Waals surface area (Å²) >= 11 is 0. The molecule has 0 atom stereocenters. The van der Waals surface area contributed by atoms with Crippen molar-refractivity contribution in [1.82, 2.24) is 0 Å². The summed E-state index contributed by atoms with van der Waals surface area (Å²) in [5.74, 6) is 0. The van der Waals surface area contributed by atoms with Gasteiger partial charge in [-0.15, -0.1) is 0 Å². The van der Waals surface area contributed by atoms with Crippen LogP contribution in [0, 0.1) is 0 Å². The average molecular weight is 824 g/mol. The van der Waals surface area contributed by atoms with Crippen molar-refractivity contribution in [2.24, 2.45) is 0 Å². The molecule has 64 heavy (non-hydrogen) atoms. The lowest BCUT2D eigenvalue weighted by atomic mass is 9.73. The highest BCUT2D eigenvalue weighted by Gasteiger charge is 2.28. The minimum Gasteiger partial charge on any atom is -0.456 e. The number of hydrogen-bond donors (Lipinski definition) is 0. The summed E-state index contributed by atoms with van der Waals surface area (Å²) in [6.07, 6.45) is 9.59. The number of fused-ring (bicyclic) bond motifs is 5. The number of benzene rings is 9. The maximum atomic E-state index is 6.27. The lowest BCUT2D eigenvalue weighted by Crippen LogP contribution is -2.15. The predicted molar refractivity (Wildman–Crippen MR) is 269 cm³/mol. The second kappa shape index (κ2) is 16.4. The van der Waals surface area contributed by atoms with E-state index >= 15 is 0 Å². The topological polar surface area (TPSA) is 16.4 Å². The second-order valence-corrected chi connectivity index (χ2v) is 17.7. The van der Waals surface area contributed by atoms with E-state index in [4.69, 9.17) is 4.42 Å². The normalized spacial score (nSPS) is 13.4. The smallest absolute Gasteiger partial charge is 0.136 e. The maximum absolute atomic E-state index is 6.27. The number of anilines is 3. The van der Waals surface area contributed by atoms with Crippen molar-refractivity contribution in [2.75, 3.05) is 4.90 Å². The Morgan fingerprint density at radius 1 is 0.281 bits per heavy atom. The van der Waals surface area contributed by atoms with Crippen LogP contribution in [0.1, 0.15) is 47.9 Å². The molecule has 2 nitrogen and oxygen atoms in total. The molecule has 0 saturated carbocycles. The molecule has 2 aliphatic carbocycles. The van der Waals surface area contributed by atoms with Gasteiger partial charge in [0, 0.05) is 27.8 Å². The van der Waals surface area contributed by atoms with Crippen LogP contribution in [0.4, 0.5) is 17.1 Å². The fraction of sp³-hybridized carbons (Fsp3) is 0.129. The molecule has 0 radical (unpaired) electrons. The molecule has 1 heterocycles. The van der Waals surface area contributed by atoms with E-state index in [0.717, 1.165) is 75.8 Å². The van der Waals surface area contributed by atoms with Gasteiger partial charge in [-0.05, 0) is 184 Å². The van der Waals surface area contributed by atoms with E-state index in [0.29, 0.717) is 0 Å². The van der Waals surface area contributed by atoms with E-state index in [1.165, 1.54) is 70.2 Å². The van der Waals surface area contributed by atoms with Gasteiger partial charge in [0.25, 0.3) is 0 Å². The van der Waals surface area contributed by atoms with E-state index in [-0.39, 0.29) is 0 Å². The van der Waals surface area contributed by atoms with Gasteiger partial charge in [-0.1, -0.05) is 146 Å². The first-order valence-corrected chi connectivity index (χ1v) is 23.2. The summed E-state index contributed by atoms with van der Waals surface area (Å²) in [6.45, 7) is 0. The molecule has 2 aliphatic rings. The van der Waals surface area contributed by atoms with E-state index in [2.05, 4.69) is 193 Å². The van der Waals surface area contributed by atoms with Crippen LogP contribution < -0.4 is 4.90 Å². The van der Waals surface area contributed by atoms with Crippen LogP contribution in [0.25, 0.3) is 77.6 Å². The minimum atomic E-state index is 0.915. The summed E-state index contributed by atoms with van der Waals surface area (Å²) in [6, 6.07) is 73.3. The lowest BCUT2D eigenvalue weighted by molar-refractivity contribution is 0.662. The molecular formula is C62H49NO. The highest BCUT2D eigenvalue weighted by molar-refractivity contribution is 6.06. The highest BCUT2D eigenvalue weighted by Crippen LogP contribution is 2.47. The Morgan fingerprint density at radius 2 is 0.625 bits per heavy atom. The molecule has 0 amide bonds. The van der Waals surface area contributed by atoms with Gasteiger partial charge in [0.15, 0.2) is 0 Å². The van der Waals surface area contributed by atoms with E-state index in [1.54, 1.807) is 22.3 Å². The van der Waals surface area contributed by atoms with Crippen molar-refractivity contribution in [2.45, 2.75) is 51.4 Å². The standard InChI is InChI=1S/C62H49NO/c1-3-13-42(14-4-1)44-23-25-47(26-24-44)61-55-18-7-9-20-57(55)62(58-21-10-8-19-56(58)61)48-31-38-52(39-32-48)63(50-34-27-45(28-35-50)43-15-5-2-6-16-43)51-36-29-46(30-37-51)49-33-40-54-53-17-11-12-22-59(53)64-60(54)41-49/h1-6,11-17,22-41H,7-10,18-21H2. The summed E-state index contributed by atoms with van der Waals surface area (Å²) in [5, 5.41) is 2.30. The Labute approximate surface area is 376 Å². The fourth-order valence-electron chi connectivity index (χ4n) is 10.8. The maximum Gasteiger partial charge on any atom is 0.136 e. The summed E-state index contributed by atoms with van der Waals surface area (Å²) in [7, 11) is 0. The van der Waals surface area contributed by atoms with Gasteiger partial charge in [-0.25, -0.2) is 0 Å². The van der Waals surface area contributed by atoms with E-state index in [9.17, 15) is 0 Å². The summed E-state index contributed by atoms with van der Waals surface area (Å²) < 4.78 is 6.27. The van der Waals surface area contributed by atoms with Crippen molar-refractivity contribution in [1.29, 1.82) is 0 Å². The molecule has 0 aliphatic heterocycles. The molecule has 0 fully saturated rings. The number of furan rings is 1. The molecule has 9 aromatic carbocycles. The number of hydrogen-bond acceptors (Lipinski definition) is 2. The molecule has 0 unspecified atom stereocenters. The third-order valence-corrected chi connectivity index (χ3v) is 13.9. The molecule has 2 heteroatoms. The second-order valence-electron chi connectivity index (χ2n) is 17.7. The first kappa shape index (κ1) is 38.3. The largest absolute Gasteiger partial charge is 0.456 e. The third-order valence-electron chi connectivity index (χ3n) is 13.9. The SMILES string of the molecule is c1ccc(-c2ccc(-c3c4c(c(-c5ccc(N(c6ccc(-c7ccccc7)cc6)c6ccc(-c7ccc8c(c7)oc7ccccc78)cc6)cc5)c5c3CCCC5)CCCC4)cc2)cc1. The molecule has 308 valence electrons. The van der Waals surface area contributed by atoms with Gasteiger partial charge in [0.05, 0.1) is 0 Å². The van der Waals surface area contributed by atoms with Crippen LogP contribution in [0.3, 0.4) is 0 Å². The van der Waals surface area contributed by atoms with Gasteiger partial charge in [-0.2, -0.15) is 0 Å². The third kappa shape index (κ3) is 6.91. The van der Waals surface area contributed by atoms with Gasteiger partial charge >= 0.3 is 0 Å². The number of para-hydroxylation sites is 1. The Morgan fingerprint density at radius 3 is 1.11 bits per heavy atom. The van der Waals surface area contributed by atoms with Crippen LogP contribution in [0.5, 0.6) is 0 Å². The van der Waals surface area contributed by atoms with Crippen LogP contribution in [-0.4, -0.2) is 0 Å². The zero-order valence-corrected chi connectivity index (χ0v) is 36.1. The summed E-state index contributed by atoms with van der Waals surface area (Å²) in [5.41, 5.74) is 24.7. The van der Waals surface area contributed by atoms with Crippen LogP contribution in [0.2, 0.25) is 0 Å². The first-order valence-electron chi connectivity index (χ1n) is 23.2. The Balaban J connectivity index is 0.928. The van der Waals surface area contributed by atoms with Gasteiger partial charge in [0.1, 0.15) is 11.2 Å². The van der Waals surface area contributed by atoms with Gasteiger partial charge in [0.2, 0.25) is 0 Å². The van der Waals surface area contributed by atoms with Crippen molar-refractivity contribution in [3.05, 3.63) is 222 Å². The quantitative estimate of drug-likeness (QED) is 0.152. The molecule has 12 rings (SSSR count). The predicted octanol–water partition coefficient (Wildman–Crippen LogP) is 17.1. The molecule has 0 N–H and O–H groups in total. The molecular weight excluding hydrogens is 775 g/mol. The zero-order chi connectivity index (χ0) is 42.4. The fourth-order valence-corrected chi connectivity index (χ4v) is 10.8. The van der Waals surface area contributed by atoms with E-state index in [1.807, 2.05) is 12.1 Å². The monoisotopic (exact) mass is 823 g/mol. The highest BCUT2D eigenvalue weighted by atomic mass is 16.3. The zero-order valence-electron chi connectivity index (χ0n) is 36.1. The lowest BCUT2D eigenvalue weighted by Gasteiger charge is -2.32. The van der Waals surface area contributed by atoms with Crippen LogP contribution >= 0.6 is 0 Å². The Hall–Kier alpha value is -7.42. The van der Waals surface area contributed by atoms with Crippen molar-refractivity contribution >= 4 is 39.0 Å². The average Bonchev–Trinajstić information content (AvgIpc) is 3.75. The molecule has 0 saturated heterocycles. The molecule has 0 spiro atoms. The molecule has 1 aromatic heterocycles. The first-order chi connectivity index (χ1) is 31.7. The minimum absolute atomic E-state index is 0.915. The summed E-state index contributed by atoms with van der Waals surface area (Å²) in [4.78, 5) is 2.40. The Bertz CT molecular complexity index is 3230. The van der Waals surface area contributed by atoms with Gasteiger partial charge < -0.3 is 9.32 Å². The Kier molecular flexibility index (Phi) is 9.79. The van der Waals surface area contributed by atoms with E-state index < -0.39 is 0 Å². The van der Waals surface area contributed by atoms with Crippen molar-refractivity contribution in [3.63, 3.8) is 0 Å². The molecule has 0 bridgehead atoms. The molecule has 10 aromatic rings. The van der Waals surface area contributed by atoms with Crippen LogP contribution in [-0.2, 0) is 25.7 Å². The number of rotatable bonds is 8. The van der Waals surface area contributed by atoms with Gasteiger partial charge in [-0.3, -0.25) is 0 Å². The van der Waals surface area contributed by atoms with Crippen LogP contribution in [0.15, 0.2) is 205 Å².